The Bertz CT molecular complexity index is 302. The van der Waals surface area contributed by atoms with Gasteiger partial charge in [-0.25, -0.2) is 0 Å². The minimum atomic E-state index is 0.510. The Morgan fingerprint density at radius 2 is 2.06 bits per heavy atom. The molecule has 1 aromatic carbocycles. The lowest BCUT2D eigenvalue weighted by molar-refractivity contribution is 0.164. The summed E-state index contributed by atoms with van der Waals surface area (Å²) in [6.45, 7) is 4.52. The van der Waals surface area contributed by atoms with E-state index in [2.05, 4.69) is 30.4 Å². The average molecular weight is 223 g/mol. The predicted octanol–water partition coefficient (Wildman–Crippen LogP) is 2.53. The molecule has 3 heteroatoms. The van der Waals surface area contributed by atoms with Gasteiger partial charge < -0.3 is 14.8 Å². The van der Waals surface area contributed by atoms with Gasteiger partial charge in [0, 0.05) is 26.5 Å². The van der Waals surface area contributed by atoms with Gasteiger partial charge >= 0.3 is 0 Å². The second kappa shape index (κ2) is 7.25. The number of hydrogen-bond acceptors (Lipinski definition) is 3. The van der Waals surface area contributed by atoms with E-state index in [9.17, 15) is 0 Å². The molecule has 1 rings (SSSR count). The van der Waals surface area contributed by atoms with Crippen molar-refractivity contribution in [3.8, 4) is 0 Å². The van der Waals surface area contributed by atoms with Gasteiger partial charge in [-0.05, 0) is 23.6 Å². The zero-order valence-electron chi connectivity index (χ0n) is 10.3. The normalized spacial score (nSPS) is 12.4. The van der Waals surface area contributed by atoms with Crippen molar-refractivity contribution in [3.05, 3.63) is 29.8 Å². The molecule has 1 atom stereocenters. The van der Waals surface area contributed by atoms with E-state index in [1.807, 2.05) is 6.07 Å². The summed E-state index contributed by atoms with van der Waals surface area (Å²) in [5.74, 6) is 0.510. The Morgan fingerprint density at radius 1 is 1.25 bits per heavy atom. The van der Waals surface area contributed by atoms with E-state index in [1.54, 1.807) is 14.2 Å². The van der Waals surface area contributed by atoms with Crippen LogP contribution in [0.15, 0.2) is 24.3 Å². The standard InChI is InChI=1S/C13H21NO2/c1-11(9-15-2)8-14-13-6-4-5-12(7-13)10-16-3/h4-7,11,14H,8-10H2,1-3H3. The quantitative estimate of drug-likeness (QED) is 0.770. The molecule has 0 bridgehead atoms. The summed E-state index contributed by atoms with van der Waals surface area (Å²) >= 11 is 0. The third-order valence-electron chi connectivity index (χ3n) is 2.34. The number of anilines is 1. The molecule has 0 saturated carbocycles. The average Bonchev–Trinajstić information content (AvgIpc) is 2.28. The maximum atomic E-state index is 5.10. The van der Waals surface area contributed by atoms with Crippen LogP contribution in [0, 0.1) is 5.92 Å². The van der Waals surface area contributed by atoms with Crippen LogP contribution in [-0.4, -0.2) is 27.4 Å². The van der Waals surface area contributed by atoms with Gasteiger partial charge in [0.2, 0.25) is 0 Å². The Balaban J connectivity index is 2.44. The Kier molecular flexibility index (Phi) is 5.90. The summed E-state index contributed by atoms with van der Waals surface area (Å²) in [6, 6.07) is 8.28. The maximum absolute atomic E-state index is 5.10. The third kappa shape index (κ3) is 4.64. The van der Waals surface area contributed by atoms with E-state index in [0.29, 0.717) is 12.5 Å². The monoisotopic (exact) mass is 223 g/mol. The van der Waals surface area contributed by atoms with E-state index < -0.39 is 0 Å². The first kappa shape index (κ1) is 13.0. The second-order valence-electron chi connectivity index (χ2n) is 4.07. The fourth-order valence-electron chi connectivity index (χ4n) is 1.57. The summed E-state index contributed by atoms with van der Waals surface area (Å²) in [7, 11) is 3.44. The first-order valence-electron chi connectivity index (χ1n) is 5.57. The van der Waals surface area contributed by atoms with E-state index >= 15 is 0 Å². The number of nitrogens with one attached hydrogen (secondary N) is 1. The van der Waals surface area contributed by atoms with Crippen molar-refractivity contribution >= 4 is 5.69 Å². The molecule has 1 aromatic rings. The third-order valence-corrected chi connectivity index (χ3v) is 2.34. The van der Waals surface area contributed by atoms with Gasteiger partial charge in [-0.3, -0.25) is 0 Å². The molecule has 3 nitrogen and oxygen atoms in total. The van der Waals surface area contributed by atoms with Crippen LogP contribution in [0.5, 0.6) is 0 Å². The van der Waals surface area contributed by atoms with Crippen LogP contribution >= 0.6 is 0 Å². The van der Waals surface area contributed by atoms with Gasteiger partial charge in [0.1, 0.15) is 0 Å². The van der Waals surface area contributed by atoms with E-state index in [0.717, 1.165) is 18.8 Å². The van der Waals surface area contributed by atoms with Crippen LogP contribution in [0.25, 0.3) is 0 Å². The van der Waals surface area contributed by atoms with Gasteiger partial charge in [0.05, 0.1) is 13.2 Å². The predicted molar refractivity (Wildman–Crippen MR) is 66.7 cm³/mol. The van der Waals surface area contributed by atoms with Crippen LogP contribution in [0.2, 0.25) is 0 Å². The van der Waals surface area contributed by atoms with Crippen LogP contribution in [0.4, 0.5) is 5.69 Å². The lowest BCUT2D eigenvalue weighted by atomic mass is 10.1. The molecular weight excluding hydrogens is 202 g/mol. The smallest absolute Gasteiger partial charge is 0.0713 e. The van der Waals surface area contributed by atoms with Crippen molar-refractivity contribution < 1.29 is 9.47 Å². The Labute approximate surface area is 97.8 Å². The largest absolute Gasteiger partial charge is 0.385 e. The highest BCUT2D eigenvalue weighted by molar-refractivity contribution is 5.45. The second-order valence-corrected chi connectivity index (χ2v) is 4.07. The first-order chi connectivity index (χ1) is 7.76. The zero-order valence-corrected chi connectivity index (χ0v) is 10.3. The van der Waals surface area contributed by atoms with E-state index in [1.165, 1.54) is 5.56 Å². The van der Waals surface area contributed by atoms with E-state index in [-0.39, 0.29) is 0 Å². The topological polar surface area (TPSA) is 30.5 Å². The molecule has 0 saturated heterocycles. The van der Waals surface area contributed by atoms with Gasteiger partial charge in [-0.15, -0.1) is 0 Å². The summed E-state index contributed by atoms with van der Waals surface area (Å²) in [5.41, 5.74) is 2.32. The van der Waals surface area contributed by atoms with Crippen molar-refractivity contribution in [2.45, 2.75) is 13.5 Å². The van der Waals surface area contributed by atoms with Gasteiger partial charge in [-0.1, -0.05) is 19.1 Å². The molecule has 0 spiro atoms. The van der Waals surface area contributed by atoms with Crippen molar-refractivity contribution in [3.63, 3.8) is 0 Å². The van der Waals surface area contributed by atoms with Gasteiger partial charge in [0.25, 0.3) is 0 Å². The molecule has 0 amide bonds. The fraction of sp³-hybridized carbons (Fsp3) is 0.538. The lowest BCUT2D eigenvalue weighted by Gasteiger charge is -2.13. The fourth-order valence-corrected chi connectivity index (χ4v) is 1.57. The molecule has 16 heavy (non-hydrogen) atoms. The molecule has 0 fully saturated rings. The summed E-state index contributed by atoms with van der Waals surface area (Å²) in [5, 5.41) is 3.39. The summed E-state index contributed by atoms with van der Waals surface area (Å²) in [4.78, 5) is 0. The zero-order chi connectivity index (χ0) is 11.8. The van der Waals surface area contributed by atoms with Crippen LogP contribution in [-0.2, 0) is 16.1 Å². The van der Waals surface area contributed by atoms with Crippen molar-refractivity contribution in [1.82, 2.24) is 0 Å². The van der Waals surface area contributed by atoms with Crippen LogP contribution in [0.1, 0.15) is 12.5 Å². The molecule has 1 unspecified atom stereocenters. The number of rotatable bonds is 7. The molecule has 90 valence electrons. The summed E-state index contributed by atoms with van der Waals surface area (Å²) in [6.07, 6.45) is 0. The highest BCUT2D eigenvalue weighted by Crippen LogP contribution is 2.12. The molecular formula is C13H21NO2. The van der Waals surface area contributed by atoms with Crippen molar-refractivity contribution in [2.24, 2.45) is 5.92 Å². The summed E-state index contributed by atoms with van der Waals surface area (Å²) < 4.78 is 10.2. The first-order valence-corrected chi connectivity index (χ1v) is 5.57. The van der Waals surface area contributed by atoms with Gasteiger partial charge in [-0.2, -0.15) is 0 Å². The molecule has 1 N–H and O–H groups in total. The van der Waals surface area contributed by atoms with Crippen LogP contribution < -0.4 is 5.32 Å². The Morgan fingerprint density at radius 3 is 2.75 bits per heavy atom. The van der Waals surface area contributed by atoms with Gasteiger partial charge in [0.15, 0.2) is 0 Å². The SMILES string of the molecule is COCc1cccc(NCC(C)COC)c1. The molecule has 0 radical (unpaired) electrons. The molecule has 0 aromatic heterocycles. The molecule has 0 aliphatic rings. The minimum absolute atomic E-state index is 0.510. The van der Waals surface area contributed by atoms with Crippen molar-refractivity contribution in [2.75, 3.05) is 32.7 Å². The number of ether oxygens (including phenoxy) is 2. The Hall–Kier alpha value is -1.06. The number of methoxy groups -OCH3 is 2. The lowest BCUT2D eigenvalue weighted by Crippen LogP contribution is -2.15. The van der Waals surface area contributed by atoms with E-state index in [4.69, 9.17) is 9.47 Å². The van der Waals surface area contributed by atoms with Crippen molar-refractivity contribution in [1.29, 1.82) is 0 Å². The molecule has 0 heterocycles. The minimum Gasteiger partial charge on any atom is -0.385 e. The van der Waals surface area contributed by atoms with Crippen LogP contribution in [0.3, 0.4) is 0 Å². The molecule has 0 aliphatic carbocycles. The number of hydrogen-bond donors (Lipinski definition) is 1. The highest BCUT2D eigenvalue weighted by atomic mass is 16.5. The highest BCUT2D eigenvalue weighted by Gasteiger charge is 2.01. The number of benzene rings is 1. The molecule has 0 aliphatic heterocycles. The maximum Gasteiger partial charge on any atom is 0.0713 e.